The Morgan fingerprint density at radius 3 is 2.48 bits per heavy atom. The Kier molecular flexibility index (Phi) is 6.79. The van der Waals surface area contributed by atoms with Crippen molar-refractivity contribution in [3.63, 3.8) is 0 Å². The second kappa shape index (κ2) is 9.31. The fourth-order valence-corrected chi connectivity index (χ4v) is 3.41. The lowest BCUT2D eigenvalue weighted by Crippen LogP contribution is -2.41. The summed E-state index contributed by atoms with van der Waals surface area (Å²) in [6.07, 6.45) is 0.642. The molecule has 2 N–H and O–H groups in total. The standard InChI is InChI=1S/C22H25BrN2O4/c1-22(2,16-7-8-18-19(14-16)29-12-11-28-18)21(27)25-10-4-9-24-20(26)15-5-3-6-17(23)13-15/h3,5-8,13-14H,4,9-12H2,1-2H3,(H,24,26)(H,25,27). The molecule has 6 nitrogen and oxygen atoms in total. The summed E-state index contributed by atoms with van der Waals surface area (Å²) in [6, 6.07) is 12.8. The van der Waals surface area contributed by atoms with Gasteiger partial charge in [0.15, 0.2) is 11.5 Å². The van der Waals surface area contributed by atoms with E-state index in [9.17, 15) is 9.59 Å². The summed E-state index contributed by atoms with van der Waals surface area (Å²) in [6.45, 7) is 5.76. The van der Waals surface area contributed by atoms with Crippen LogP contribution in [0.25, 0.3) is 0 Å². The maximum Gasteiger partial charge on any atom is 0.251 e. The van der Waals surface area contributed by atoms with Crippen molar-refractivity contribution in [3.05, 3.63) is 58.1 Å². The van der Waals surface area contributed by atoms with Crippen LogP contribution < -0.4 is 20.1 Å². The van der Waals surface area contributed by atoms with E-state index < -0.39 is 5.41 Å². The van der Waals surface area contributed by atoms with Crippen LogP contribution in [0.2, 0.25) is 0 Å². The average Bonchev–Trinajstić information content (AvgIpc) is 2.72. The van der Waals surface area contributed by atoms with E-state index in [4.69, 9.17) is 9.47 Å². The van der Waals surface area contributed by atoms with Crippen molar-refractivity contribution in [2.75, 3.05) is 26.3 Å². The third-order valence-electron chi connectivity index (χ3n) is 4.84. The smallest absolute Gasteiger partial charge is 0.251 e. The number of carbonyl (C=O) groups excluding carboxylic acids is 2. The van der Waals surface area contributed by atoms with Crippen molar-refractivity contribution in [1.29, 1.82) is 0 Å². The zero-order valence-electron chi connectivity index (χ0n) is 16.6. The van der Waals surface area contributed by atoms with E-state index >= 15 is 0 Å². The summed E-state index contributed by atoms with van der Waals surface area (Å²) >= 11 is 3.36. The van der Waals surface area contributed by atoms with E-state index in [-0.39, 0.29) is 11.8 Å². The molecule has 0 aromatic heterocycles. The van der Waals surface area contributed by atoms with Crippen LogP contribution in [0.3, 0.4) is 0 Å². The van der Waals surface area contributed by atoms with Gasteiger partial charge < -0.3 is 20.1 Å². The number of hydrogen-bond donors (Lipinski definition) is 2. The molecule has 0 spiro atoms. The molecule has 29 heavy (non-hydrogen) atoms. The molecule has 3 rings (SSSR count). The summed E-state index contributed by atoms with van der Waals surface area (Å²) in [4.78, 5) is 24.8. The monoisotopic (exact) mass is 460 g/mol. The molecule has 0 fully saturated rings. The molecule has 0 bridgehead atoms. The third kappa shape index (κ3) is 5.29. The van der Waals surface area contributed by atoms with Crippen LogP contribution in [0.4, 0.5) is 0 Å². The second-order valence-corrected chi connectivity index (χ2v) is 8.27. The van der Waals surface area contributed by atoms with Crippen LogP contribution in [0, 0.1) is 0 Å². The molecule has 1 aliphatic heterocycles. The summed E-state index contributed by atoms with van der Waals surface area (Å²) in [5, 5.41) is 5.82. The Morgan fingerprint density at radius 1 is 1.00 bits per heavy atom. The van der Waals surface area contributed by atoms with Gasteiger partial charge in [0.25, 0.3) is 5.91 Å². The minimum absolute atomic E-state index is 0.0764. The molecule has 7 heteroatoms. The van der Waals surface area contributed by atoms with Gasteiger partial charge in [0.1, 0.15) is 13.2 Å². The largest absolute Gasteiger partial charge is 0.486 e. The van der Waals surface area contributed by atoms with Gasteiger partial charge in [-0.3, -0.25) is 9.59 Å². The van der Waals surface area contributed by atoms with Crippen molar-refractivity contribution in [2.24, 2.45) is 0 Å². The molecule has 1 aliphatic rings. The van der Waals surface area contributed by atoms with Gasteiger partial charge in [0, 0.05) is 23.1 Å². The number of fused-ring (bicyclic) bond motifs is 1. The van der Waals surface area contributed by atoms with Gasteiger partial charge in [-0.2, -0.15) is 0 Å². The van der Waals surface area contributed by atoms with Gasteiger partial charge in [-0.05, 0) is 56.2 Å². The van der Waals surface area contributed by atoms with Gasteiger partial charge in [-0.15, -0.1) is 0 Å². The van der Waals surface area contributed by atoms with E-state index in [2.05, 4.69) is 26.6 Å². The lowest BCUT2D eigenvalue weighted by Gasteiger charge is -2.26. The van der Waals surface area contributed by atoms with Crippen LogP contribution >= 0.6 is 15.9 Å². The summed E-state index contributed by atoms with van der Waals surface area (Å²) in [5.74, 6) is 1.17. The first-order chi connectivity index (χ1) is 13.9. The first-order valence-corrected chi connectivity index (χ1v) is 10.4. The number of halogens is 1. The van der Waals surface area contributed by atoms with Crippen molar-refractivity contribution in [3.8, 4) is 11.5 Å². The van der Waals surface area contributed by atoms with Crippen molar-refractivity contribution >= 4 is 27.7 Å². The van der Waals surface area contributed by atoms with Crippen LogP contribution in [0.15, 0.2) is 46.9 Å². The molecule has 1 heterocycles. The predicted octanol–water partition coefficient (Wildman–Crippen LogP) is 3.43. The Bertz CT molecular complexity index is 898. The molecule has 2 amide bonds. The highest BCUT2D eigenvalue weighted by molar-refractivity contribution is 9.10. The van der Waals surface area contributed by atoms with E-state index in [1.165, 1.54) is 0 Å². The zero-order chi connectivity index (χ0) is 20.9. The lowest BCUT2D eigenvalue weighted by atomic mass is 9.83. The number of ether oxygens (including phenoxy) is 2. The number of nitrogens with one attached hydrogen (secondary N) is 2. The maximum absolute atomic E-state index is 12.7. The maximum atomic E-state index is 12.7. The fourth-order valence-electron chi connectivity index (χ4n) is 3.01. The predicted molar refractivity (Wildman–Crippen MR) is 115 cm³/mol. The molecule has 0 unspecified atom stereocenters. The van der Waals surface area contributed by atoms with Gasteiger partial charge in [0.2, 0.25) is 5.91 Å². The Labute approximate surface area is 179 Å². The summed E-state index contributed by atoms with van der Waals surface area (Å²) in [7, 11) is 0. The van der Waals surface area contributed by atoms with Crippen molar-refractivity contribution in [2.45, 2.75) is 25.7 Å². The van der Waals surface area contributed by atoms with Gasteiger partial charge in [-0.25, -0.2) is 0 Å². The highest BCUT2D eigenvalue weighted by atomic mass is 79.9. The van der Waals surface area contributed by atoms with Crippen LogP contribution in [0.5, 0.6) is 11.5 Å². The number of rotatable bonds is 7. The van der Waals surface area contributed by atoms with Gasteiger partial charge >= 0.3 is 0 Å². The molecular formula is C22H25BrN2O4. The summed E-state index contributed by atoms with van der Waals surface area (Å²) < 4.78 is 12.0. The van der Waals surface area contributed by atoms with Crippen molar-refractivity contribution in [1.82, 2.24) is 10.6 Å². The second-order valence-electron chi connectivity index (χ2n) is 7.36. The Morgan fingerprint density at radius 2 is 1.72 bits per heavy atom. The normalized spacial score (nSPS) is 12.9. The Balaban J connectivity index is 1.46. The topological polar surface area (TPSA) is 76.7 Å². The molecule has 2 aromatic rings. The minimum Gasteiger partial charge on any atom is -0.486 e. The van der Waals surface area contributed by atoms with E-state index in [1.54, 1.807) is 12.1 Å². The average molecular weight is 461 g/mol. The van der Waals surface area contributed by atoms with E-state index in [0.717, 1.165) is 10.0 Å². The molecular weight excluding hydrogens is 436 g/mol. The van der Waals surface area contributed by atoms with Crippen LogP contribution in [-0.4, -0.2) is 38.1 Å². The lowest BCUT2D eigenvalue weighted by molar-refractivity contribution is -0.125. The van der Waals surface area contributed by atoms with Crippen LogP contribution in [0.1, 0.15) is 36.2 Å². The highest BCUT2D eigenvalue weighted by Crippen LogP contribution is 2.35. The van der Waals surface area contributed by atoms with Gasteiger partial charge in [-0.1, -0.05) is 28.1 Å². The molecule has 0 saturated heterocycles. The van der Waals surface area contributed by atoms with Gasteiger partial charge in [0.05, 0.1) is 5.41 Å². The molecule has 0 atom stereocenters. The summed E-state index contributed by atoms with van der Waals surface area (Å²) in [5.41, 5.74) is 0.750. The molecule has 154 valence electrons. The number of hydrogen-bond acceptors (Lipinski definition) is 4. The van der Waals surface area contributed by atoms with Crippen LogP contribution in [-0.2, 0) is 10.2 Å². The molecule has 0 saturated carbocycles. The highest BCUT2D eigenvalue weighted by Gasteiger charge is 2.30. The number of benzene rings is 2. The minimum atomic E-state index is -0.713. The Hall–Kier alpha value is -2.54. The SMILES string of the molecule is CC(C)(C(=O)NCCCNC(=O)c1cccc(Br)c1)c1ccc2c(c1)OCCO2. The quantitative estimate of drug-likeness (QED) is 0.620. The first-order valence-electron chi connectivity index (χ1n) is 9.60. The fraction of sp³-hybridized carbons (Fsp3) is 0.364. The van der Waals surface area contributed by atoms with Crippen molar-refractivity contribution < 1.29 is 19.1 Å². The van der Waals surface area contributed by atoms with E-state index in [1.807, 2.05) is 44.2 Å². The van der Waals surface area contributed by atoms with E-state index in [0.29, 0.717) is 49.8 Å². The molecule has 0 aliphatic carbocycles. The first kappa shape index (κ1) is 21.2. The third-order valence-corrected chi connectivity index (χ3v) is 5.34. The number of carbonyl (C=O) groups is 2. The molecule has 2 aromatic carbocycles. The molecule has 0 radical (unpaired) electrons. The number of amides is 2. The zero-order valence-corrected chi connectivity index (χ0v) is 18.2.